The van der Waals surface area contributed by atoms with E-state index in [1.807, 2.05) is 19.1 Å². The van der Waals surface area contributed by atoms with Crippen LogP contribution in [-0.4, -0.2) is 0 Å². The van der Waals surface area contributed by atoms with Gasteiger partial charge in [0.25, 0.3) is 0 Å². The van der Waals surface area contributed by atoms with E-state index < -0.39 is 0 Å². The van der Waals surface area contributed by atoms with Crippen molar-refractivity contribution in [1.82, 2.24) is 5.43 Å². The minimum absolute atomic E-state index is 0.127. The minimum atomic E-state index is -0.271. The third-order valence-corrected chi connectivity index (χ3v) is 3.61. The van der Waals surface area contributed by atoms with Crippen LogP contribution in [0.2, 0.25) is 0 Å². The van der Waals surface area contributed by atoms with E-state index in [0.717, 1.165) is 23.5 Å². The molecule has 1 unspecified atom stereocenters. The number of aryl methyl sites for hydroxylation is 1. The molecule has 0 saturated carbocycles. The SMILES string of the molecule is CCc1ccc(C(Cc2ccc(F)c(Br)c2)NN)o1. The Morgan fingerprint density at radius 3 is 2.74 bits per heavy atom. The molecule has 1 heterocycles. The van der Waals surface area contributed by atoms with E-state index >= 15 is 0 Å². The lowest BCUT2D eigenvalue weighted by Crippen LogP contribution is -2.29. The summed E-state index contributed by atoms with van der Waals surface area (Å²) in [6.07, 6.45) is 1.48. The second-order valence-electron chi connectivity index (χ2n) is 4.33. The van der Waals surface area contributed by atoms with Crippen molar-refractivity contribution >= 4 is 15.9 Å². The topological polar surface area (TPSA) is 51.2 Å². The number of halogens is 2. The predicted molar refractivity (Wildman–Crippen MR) is 76.0 cm³/mol. The van der Waals surface area contributed by atoms with E-state index in [2.05, 4.69) is 21.4 Å². The number of rotatable bonds is 5. The first-order valence-corrected chi connectivity index (χ1v) is 6.92. The minimum Gasteiger partial charge on any atom is -0.464 e. The Morgan fingerprint density at radius 2 is 2.16 bits per heavy atom. The van der Waals surface area contributed by atoms with Gasteiger partial charge in [0.05, 0.1) is 10.5 Å². The van der Waals surface area contributed by atoms with Crippen LogP contribution >= 0.6 is 15.9 Å². The molecule has 3 nitrogen and oxygen atoms in total. The Morgan fingerprint density at radius 1 is 1.37 bits per heavy atom. The van der Waals surface area contributed by atoms with Gasteiger partial charge in [0.15, 0.2) is 0 Å². The average Bonchev–Trinajstić information content (AvgIpc) is 2.88. The highest BCUT2D eigenvalue weighted by molar-refractivity contribution is 9.10. The van der Waals surface area contributed by atoms with Gasteiger partial charge >= 0.3 is 0 Å². The molecule has 0 radical (unpaired) electrons. The van der Waals surface area contributed by atoms with Gasteiger partial charge in [-0.3, -0.25) is 5.84 Å². The molecule has 1 aromatic carbocycles. The molecule has 2 aromatic rings. The van der Waals surface area contributed by atoms with Gasteiger partial charge in [-0.25, -0.2) is 9.82 Å². The standard InChI is InChI=1S/C14H16BrFN2O/c1-2-10-4-6-14(19-10)13(18-17)8-9-3-5-12(16)11(15)7-9/h3-7,13,18H,2,8,17H2,1H3. The molecule has 0 aliphatic rings. The fraction of sp³-hybridized carbons (Fsp3) is 0.286. The molecule has 0 amide bonds. The van der Waals surface area contributed by atoms with Crippen molar-refractivity contribution in [2.75, 3.05) is 0 Å². The first-order chi connectivity index (χ1) is 9.13. The van der Waals surface area contributed by atoms with Gasteiger partial charge in [0, 0.05) is 6.42 Å². The Hall–Kier alpha value is -1.17. The van der Waals surface area contributed by atoms with Crippen LogP contribution in [0, 0.1) is 5.82 Å². The van der Waals surface area contributed by atoms with Crippen molar-refractivity contribution in [3.05, 3.63) is 57.7 Å². The summed E-state index contributed by atoms with van der Waals surface area (Å²) in [7, 11) is 0. The Bertz CT molecular complexity index is 556. The van der Waals surface area contributed by atoms with Gasteiger partial charge in [-0.2, -0.15) is 0 Å². The summed E-state index contributed by atoms with van der Waals surface area (Å²) in [5, 5.41) is 0. The van der Waals surface area contributed by atoms with Crippen LogP contribution in [0.5, 0.6) is 0 Å². The number of hydrogen-bond acceptors (Lipinski definition) is 3. The molecule has 0 saturated heterocycles. The fourth-order valence-electron chi connectivity index (χ4n) is 1.92. The number of nitrogens with two attached hydrogens (primary N) is 1. The lowest BCUT2D eigenvalue weighted by atomic mass is 10.0. The Kier molecular flexibility index (Phi) is 4.74. The molecular weight excluding hydrogens is 311 g/mol. The van der Waals surface area contributed by atoms with E-state index in [1.54, 1.807) is 12.1 Å². The summed E-state index contributed by atoms with van der Waals surface area (Å²) >= 11 is 3.18. The van der Waals surface area contributed by atoms with Crippen molar-refractivity contribution in [3.63, 3.8) is 0 Å². The molecule has 0 aliphatic carbocycles. The maximum Gasteiger partial charge on any atom is 0.137 e. The number of hydrazine groups is 1. The van der Waals surface area contributed by atoms with Crippen LogP contribution in [-0.2, 0) is 12.8 Å². The van der Waals surface area contributed by atoms with Gasteiger partial charge in [0.2, 0.25) is 0 Å². The molecule has 0 aliphatic heterocycles. The lowest BCUT2D eigenvalue weighted by Gasteiger charge is -2.13. The Balaban J connectivity index is 2.16. The maximum atomic E-state index is 13.2. The monoisotopic (exact) mass is 326 g/mol. The normalized spacial score (nSPS) is 12.6. The van der Waals surface area contributed by atoms with Crippen molar-refractivity contribution in [3.8, 4) is 0 Å². The molecule has 1 atom stereocenters. The number of benzene rings is 1. The Labute approximate surface area is 120 Å². The first kappa shape index (κ1) is 14.2. The van der Waals surface area contributed by atoms with Gasteiger partial charge in [0.1, 0.15) is 17.3 Å². The predicted octanol–water partition coefficient (Wildman–Crippen LogP) is 3.49. The van der Waals surface area contributed by atoms with E-state index in [-0.39, 0.29) is 11.9 Å². The second-order valence-corrected chi connectivity index (χ2v) is 5.18. The van der Waals surface area contributed by atoms with Gasteiger partial charge in [-0.1, -0.05) is 13.0 Å². The van der Waals surface area contributed by atoms with Gasteiger partial charge in [-0.05, 0) is 52.2 Å². The molecule has 19 heavy (non-hydrogen) atoms. The van der Waals surface area contributed by atoms with Crippen molar-refractivity contribution in [1.29, 1.82) is 0 Å². The zero-order chi connectivity index (χ0) is 13.8. The fourth-order valence-corrected chi connectivity index (χ4v) is 2.34. The lowest BCUT2D eigenvalue weighted by molar-refractivity contribution is 0.396. The zero-order valence-electron chi connectivity index (χ0n) is 10.6. The third-order valence-electron chi connectivity index (χ3n) is 3.00. The summed E-state index contributed by atoms with van der Waals surface area (Å²) in [4.78, 5) is 0. The summed E-state index contributed by atoms with van der Waals surface area (Å²) in [5.74, 6) is 7.02. The van der Waals surface area contributed by atoms with E-state index in [9.17, 15) is 4.39 Å². The van der Waals surface area contributed by atoms with Crippen LogP contribution in [0.4, 0.5) is 4.39 Å². The second kappa shape index (κ2) is 6.32. The van der Waals surface area contributed by atoms with Crippen LogP contribution in [0.15, 0.2) is 39.2 Å². The molecule has 0 spiro atoms. The van der Waals surface area contributed by atoms with Crippen LogP contribution in [0.1, 0.15) is 30.0 Å². The zero-order valence-corrected chi connectivity index (χ0v) is 12.2. The molecule has 1 aromatic heterocycles. The molecular formula is C14H16BrFN2O. The van der Waals surface area contributed by atoms with E-state index in [0.29, 0.717) is 10.9 Å². The van der Waals surface area contributed by atoms with E-state index in [1.165, 1.54) is 6.07 Å². The highest BCUT2D eigenvalue weighted by Crippen LogP contribution is 2.23. The van der Waals surface area contributed by atoms with Crippen molar-refractivity contribution in [2.45, 2.75) is 25.8 Å². The molecule has 5 heteroatoms. The first-order valence-electron chi connectivity index (χ1n) is 6.12. The van der Waals surface area contributed by atoms with Gasteiger partial charge < -0.3 is 4.42 Å². The van der Waals surface area contributed by atoms with Crippen LogP contribution in [0.25, 0.3) is 0 Å². The number of furan rings is 1. The largest absolute Gasteiger partial charge is 0.464 e. The van der Waals surface area contributed by atoms with Crippen LogP contribution < -0.4 is 11.3 Å². The molecule has 0 fully saturated rings. The summed E-state index contributed by atoms with van der Waals surface area (Å²) in [6, 6.07) is 8.67. The molecule has 3 N–H and O–H groups in total. The van der Waals surface area contributed by atoms with Crippen molar-refractivity contribution < 1.29 is 8.81 Å². The van der Waals surface area contributed by atoms with E-state index in [4.69, 9.17) is 10.3 Å². The smallest absolute Gasteiger partial charge is 0.137 e. The summed E-state index contributed by atoms with van der Waals surface area (Å²) < 4.78 is 19.3. The van der Waals surface area contributed by atoms with Crippen molar-refractivity contribution in [2.24, 2.45) is 5.84 Å². The van der Waals surface area contributed by atoms with Gasteiger partial charge in [-0.15, -0.1) is 0 Å². The molecule has 0 bridgehead atoms. The third kappa shape index (κ3) is 3.43. The summed E-state index contributed by atoms with van der Waals surface area (Å²) in [5.41, 5.74) is 3.71. The quantitative estimate of drug-likeness (QED) is 0.653. The number of nitrogens with one attached hydrogen (secondary N) is 1. The summed E-state index contributed by atoms with van der Waals surface area (Å²) in [6.45, 7) is 2.03. The molecule has 102 valence electrons. The van der Waals surface area contributed by atoms with Crippen LogP contribution in [0.3, 0.4) is 0 Å². The highest BCUT2D eigenvalue weighted by atomic mass is 79.9. The molecule has 2 rings (SSSR count). The number of hydrogen-bond donors (Lipinski definition) is 2. The maximum absolute atomic E-state index is 13.2. The average molecular weight is 327 g/mol. The highest BCUT2D eigenvalue weighted by Gasteiger charge is 2.15.